The van der Waals surface area contributed by atoms with Gasteiger partial charge in [-0.15, -0.1) is 11.3 Å². The summed E-state index contributed by atoms with van der Waals surface area (Å²) in [6.45, 7) is 0. The Kier molecular flexibility index (Phi) is 4.18. The van der Waals surface area contributed by atoms with Crippen LogP contribution >= 0.6 is 23.1 Å². The number of nitrogens with zero attached hydrogens (tertiary/aromatic N) is 4. The molecule has 3 heterocycles. The molecule has 0 saturated carbocycles. The second-order valence-corrected chi connectivity index (χ2v) is 7.16. The number of methoxy groups -OCH3 is 1. The first-order valence-corrected chi connectivity index (χ1v) is 9.20. The van der Waals surface area contributed by atoms with Crippen LogP contribution < -0.4 is 4.74 Å². The van der Waals surface area contributed by atoms with E-state index in [0.29, 0.717) is 0 Å². The predicted octanol–water partition coefficient (Wildman–Crippen LogP) is 4.15. The maximum Gasteiger partial charge on any atom is 0.233 e. The number of benzene rings is 1. The summed E-state index contributed by atoms with van der Waals surface area (Å²) in [5.74, 6) is 2.36. The number of fused-ring (bicyclic) bond motifs is 1. The van der Waals surface area contributed by atoms with Gasteiger partial charge in [0.15, 0.2) is 4.34 Å². The highest BCUT2D eigenvalue weighted by atomic mass is 32.2. The van der Waals surface area contributed by atoms with Crippen molar-refractivity contribution in [3.63, 3.8) is 0 Å². The van der Waals surface area contributed by atoms with Gasteiger partial charge in [0.05, 0.1) is 18.5 Å². The fraction of sp³-hybridized carbons (Fsp3) is 0.118. The smallest absolute Gasteiger partial charge is 0.233 e. The van der Waals surface area contributed by atoms with Crippen LogP contribution in [0.25, 0.3) is 17.0 Å². The molecule has 7 heteroatoms. The molecule has 3 aromatic heterocycles. The highest BCUT2D eigenvalue weighted by Gasteiger charge is 2.08. The molecular formula is C17H14N4OS2. The molecule has 0 saturated heterocycles. The fourth-order valence-corrected chi connectivity index (χ4v) is 4.02. The van der Waals surface area contributed by atoms with Crippen molar-refractivity contribution in [1.29, 1.82) is 0 Å². The highest BCUT2D eigenvalue weighted by Crippen LogP contribution is 2.30. The molecule has 4 aromatic rings. The second kappa shape index (κ2) is 6.62. The van der Waals surface area contributed by atoms with E-state index in [4.69, 9.17) is 9.72 Å². The summed E-state index contributed by atoms with van der Waals surface area (Å²) in [6, 6.07) is 9.84. The Morgan fingerprint density at radius 2 is 2.08 bits per heavy atom. The predicted molar refractivity (Wildman–Crippen MR) is 96.7 cm³/mol. The first-order chi connectivity index (χ1) is 11.8. The third-order valence-electron chi connectivity index (χ3n) is 3.50. The minimum Gasteiger partial charge on any atom is -0.497 e. The van der Waals surface area contributed by atoms with E-state index in [0.717, 1.165) is 38.6 Å². The Morgan fingerprint density at radius 1 is 1.21 bits per heavy atom. The third kappa shape index (κ3) is 3.13. The Bertz CT molecular complexity index is 929. The van der Waals surface area contributed by atoms with Gasteiger partial charge in [-0.25, -0.2) is 15.0 Å². The lowest BCUT2D eigenvalue weighted by Gasteiger charge is -2.00. The zero-order valence-electron chi connectivity index (χ0n) is 12.9. The van der Waals surface area contributed by atoms with Crippen molar-refractivity contribution >= 4 is 28.9 Å². The molecule has 24 heavy (non-hydrogen) atoms. The van der Waals surface area contributed by atoms with Gasteiger partial charge in [0, 0.05) is 35.3 Å². The van der Waals surface area contributed by atoms with E-state index >= 15 is 0 Å². The van der Waals surface area contributed by atoms with E-state index in [-0.39, 0.29) is 0 Å². The summed E-state index contributed by atoms with van der Waals surface area (Å²) in [5.41, 5.74) is 3.08. The monoisotopic (exact) mass is 354 g/mol. The second-order valence-electron chi connectivity index (χ2n) is 5.08. The summed E-state index contributed by atoms with van der Waals surface area (Å²) in [4.78, 5) is 13.4. The molecule has 5 nitrogen and oxygen atoms in total. The third-order valence-corrected chi connectivity index (χ3v) is 5.55. The molecule has 0 atom stereocenters. The van der Waals surface area contributed by atoms with Gasteiger partial charge in [-0.2, -0.15) is 0 Å². The van der Waals surface area contributed by atoms with E-state index in [2.05, 4.69) is 15.3 Å². The number of thioether (sulfide) groups is 1. The summed E-state index contributed by atoms with van der Waals surface area (Å²) in [6.07, 6.45) is 5.71. The van der Waals surface area contributed by atoms with Crippen LogP contribution in [0.15, 0.2) is 58.6 Å². The van der Waals surface area contributed by atoms with E-state index in [9.17, 15) is 0 Å². The van der Waals surface area contributed by atoms with Gasteiger partial charge in [-0.05, 0) is 30.3 Å². The van der Waals surface area contributed by atoms with Crippen LogP contribution in [0, 0.1) is 0 Å². The van der Waals surface area contributed by atoms with Crippen molar-refractivity contribution in [3.05, 3.63) is 60.0 Å². The number of ether oxygens (including phenoxy) is 1. The van der Waals surface area contributed by atoms with Gasteiger partial charge in [0.2, 0.25) is 5.78 Å². The summed E-state index contributed by atoms with van der Waals surface area (Å²) in [5, 5.41) is 2.08. The highest BCUT2D eigenvalue weighted by molar-refractivity contribution is 8.00. The molecule has 1 aromatic carbocycles. The Labute approximate surface area is 147 Å². The number of hydrogen-bond acceptors (Lipinski definition) is 6. The molecule has 0 spiro atoms. The maximum atomic E-state index is 5.19. The minimum absolute atomic E-state index is 0.728. The van der Waals surface area contributed by atoms with Gasteiger partial charge < -0.3 is 4.74 Å². The van der Waals surface area contributed by atoms with Crippen LogP contribution in [0.5, 0.6) is 5.75 Å². The number of thiazole rings is 1. The van der Waals surface area contributed by atoms with Crippen LogP contribution in [0.2, 0.25) is 0 Å². The van der Waals surface area contributed by atoms with Crippen LogP contribution in [0.3, 0.4) is 0 Å². The topological polar surface area (TPSA) is 52.3 Å². The van der Waals surface area contributed by atoms with Crippen LogP contribution in [-0.2, 0) is 5.75 Å². The SMILES string of the molecule is COc1ccc(-c2csc(SCc3cn4cccnc4n3)n2)cc1. The van der Waals surface area contributed by atoms with Gasteiger partial charge in [-0.3, -0.25) is 4.40 Å². The molecule has 120 valence electrons. The fourth-order valence-electron chi connectivity index (χ4n) is 2.30. The maximum absolute atomic E-state index is 5.19. The number of hydrogen-bond donors (Lipinski definition) is 0. The molecule has 0 aliphatic heterocycles. The summed E-state index contributed by atoms with van der Waals surface area (Å²) < 4.78 is 8.15. The molecule has 4 rings (SSSR count). The number of rotatable bonds is 5. The van der Waals surface area contributed by atoms with Crippen LogP contribution in [0.4, 0.5) is 0 Å². The first kappa shape index (κ1) is 15.2. The Morgan fingerprint density at radius 3 is 2.88 bits per heavy atom. The molecule has 0 aliphatic rings. The molecule has 0 aliphatic carbocycles. The van der Waals surface area contributed by atoms with Crippen molar-refractivity contribution in [1.82, 2.24) is 19.4 Å². The summed E-state index contributed by atoms with van der Waals surface area (Å²) >= 11 is 3.34. The number of imidazole rings is 1. The Balaban J connectivity index is 1.46. The lowest BCUT2D eigenvalue weighted by Crippen LogP contribution is -1.83. The zero-order valence-corrected chi connectivity index (χ0v) is 14.5. The van der Waals surface area contributed by atoms with Gasteiger partial charge in [-0.1, -0.05) is 11.8 Å². The van der Waals surface area contributed by atoms with E-state index in [1.54, 1.807) is 36.4 Å². The van der Waals surface area contributed by atoms with Crippen molar-refractivity contribution in [2.24, 2.45) is 0 Å². The average molecular weight is 354 g/mol. The molecule has 0 N–H and O–H groups in total. The van der Waals surface area contributed by atoms with Crippen LogP contribution in [-0.4, -0.2) is 26.5 Å². The van der Waals surface area contributed by atoms with E-state index in [1.165, 1.54) is 0 Å². The standard InChI is InChI=1S/C17H14N4OS2/c1-22-14-5-3-12(4-6-14)15-11-24-17(20-15)23-10-13-9-21-8-2-7-18-16(21)19-13/h2-9,11H,10H2,1H3. The molecule has 0 amide bonds. The van der Waals surface area contributed by atoms with Crippen LogP contribution in [0.1, 0.15) is 5.69 Å². The largest absolute Gasteiger partial charge is 0.497 e. The molecule has 0 bridgehead atoms. The lowest BCUT2D eigenvalue weighted by molar-refractivity contribution is 0.415. The summed E-state index contributed by atoms with van der Waals surface area (Å²) in [7, 11) is 1.67. The zero-order chi connectivity index (χ0) is 16.4. The number of aromatic nitrogens is 4. The van der Waals surface area contributed by atoms with Gasteiger partial charge in [0.25, 0.3) is 0 Å². The van der Waals surface area contributed by atoms with Crippen molar-refractivity contribution in [3.8, 4) is 17.0 Å². The lowest BCUT2D eigenvalue weighted by atomic mass is 10.2. The minimum atomic E-state index is 0.728. The van der Waals surface area contributed by atoms with E-state index in [1.807, 2.05) is 47.1 Å². The normalized spacial score (nSPS) is 11.0. The molecule has 0 unspecified atom stereocenters. The molecular weight excluding hydrogens is 340 g/mol. The van der Waals surface area contributed by atoms with Gasteiger partial charge >= 0.3 is 0 Å². The molecule has 0 radical (unpaired) electrons. The Hall–Kier alpha value is -2.38. The van der Waals surface area contributed by atoms with Gasteiger partial charge in [0.1, 0.15) is 5.75 Å². The average Bonchev–Trinajstić information content (AvgIpc) is 3.26. The van der Waals surface area contributed by atoms with Crippen molar-refractivity contribution < 1.29 is 4.74 Å². The van der Waals surface area contributed by atoms with Crippen molar-refractivity contribution in [2.75, 3.05) is 7.11 Å². The first-order valence-electron chi connectivity index (χ1n) is 7.33. The van der Waals surface area contributed by atoms with Crippen molar-refractivity contribution in [2.45, 2.75) is 10.1 Å². The quantitative estimate of drug-likeness (QED) is 0.504. The molecule has 0 fully saturated rings. The van der Waals surface area contributed by atoms with E-state index < -0.39 is 0 Å².